The van der Waals surface area contributed by atoms with Crippen molar-refractivity contribution in [3.63, 3.8) is 0 Å². The van der Waals surface area contributed by atoms with E-state index in [1.807, 2.05) is 32.2 Å². The molecule has 1 amide bonds. The van der Waals surface area contributed by atoms with Gasteiger partial charge in [0.1, 0.15) is 5.01 Å². The van der Waals surface area contributed by atoms with Gasteiger partial charge >= 0.3 is 0 Å². The molecule has 3 nitrogen and oxygen atoms in total. The van der Waals surface area contributed by atoms with Crippen molar-refractivity contribution in [2.75, 3.05) is 0 Å². The van der Waals surface area contributed by atoms with E-state index in [-0.39, 0.29) is 5.91 Å². The number of rotatable bonds is 4. The van der Waals surface area contributed by atoms with E-state index < -0.39 is 0 Å². The van der Waals surface area contributed by atoms with E-state index in [2.05, 4.69) is 10.3 Å². The summed E-state index contributed by atoms with van der Waals surface area (Å²) in [7, 11) is 0. The van der Waals surface area contributed by atoms with E-state index >= 15 is 0 Å². The summed E-state index contributed by atoms with van der Waals surface area (Å²) in [5, 5.41) is 5.77. The quantitative estimate of drug-likeness (QED) is 0.798. The second-order valence-electron chi connectivity index (χ2n) is 3.36. The van der Waals surface area contributed by atoms with Crippen molar-refractivity contribution in [3.05, 3.63) is 27.7 Å². The number of carbonyl (C=O) groups excluding carboxylic acids is 1. The van der Waals surface area contributed by atoms with Crippen LogP contribution in [0.25, 0.3) is 0 Å². The molecule has 0 aliphatic heterocycles. The van der Waals surface area contributed by atoms with Crippen molar-refractivity contribution in [2.24, 2.45) is 0 Å². The minimum atomic E-state index is -0.00953. The Hall–Kier alpha value is -1.16. The molecule has 0 aliphatic rings. The lowest BCUT2D eigenvalue weighted by atomic mass is 10.2. The second-order valence-corrected chi connectivity index (χ2v) is 4.30. The lowest BCUT2D eigenvalue weighted by Crippen LogP contribution is -2.23. The molecule has 4 heteroatoms. The fraction of sp³-hybridized carbons (Fsp3) is 0.455. The van der Waals surface area contributed by atoms with Gasteiger partial charge in [-0.15, -0.1) is 11.3 Å². The van der Waals surface area contributed by atoms with E-state index in [9.17, 15) is 4.79 Å². The van der Waals surface area contributed by atoms with Gasteiger partial charge in [0.15, 0.2) is 0 Å². The molecule has 0 aromatic carbocycles. The highest BCUT2D eigenvalue weighted by atomic mass is 32.1. The van der Waals surface area contributed by atoms with E-state index in [0.29, 0.717) is 6.54 Å². The van der Waals surface area contributed by atoms with Gasteiger partial charge in [-0.25, -0.2) is 4.98 Å². The molecule has 1 heterocycles. The Balaban J connectivity index is 2.44. The van der Waals surface area contributed by atoms with Crippen molar-refractivity contribution in [3.8, 4) is 0 Å². The molecule has 1 N–H and O–H groups in total. The average Bonchev–Trinajstić information content (AvgIpc) is 2.61. The number of nitrogens with one attached hydrogen (secondary N) is 1. The summed E-state index contributed by atoms with van der Waals surface area (Å²) < 4.78 is 0. The van der Waals surface area contributed by atoms with Crippen LogP contribution in [0.2, 0.25) is 0 Å². The van der Waals surface area contributed by atoms with Gasteiger partial charge in [-0.2, -0.15) is 0 Å². The molecular formula is C11H16N2OS. The summed E-state index contributed by atoms with van der Waals surface area (Å²) >= 11 is 1.57. The molecule has 0 saturated carbocycles. The number of carbonyl (C=O) groups is 1. The maximum atomic E-state index is 11.5. The molecule has 0 atom stereocenters. The number of thiazole rings is 1. The van der Waals surface area contributed by atoms with Crippen LogP contribution in [0.3, 0.4) is 0 Å². The van der Waals surface area contributed by atoms with Crippen LogP contribution in [0.15, 0.2) is 17.0 Å². The van der Waals surface area contributed by atoms with Crippen LogP contribution in [-0.2, 0) is 11.3 Å². The molecule has 1 aromatic heterocycles. The van der Waals surface area contributed by atoms with Crippen LogP contribution in [0.4, 0.5) is 0 Å². The lowest BCUT2D eigenvalue weighted by Gasteiger charge is -2.02. The lowest BCUT2D eigenvalue weighted by molar-refractivity contribution is -0.117. The van der Waals surface area contributed by atoms with Gasteiger partial charge in [0, 0.05) is 16.6 Å². The van der Waals surface area contributed by atoms with Gasteiger partial charge in [0.05, 0.1) is 6.54 Å². The fourth-order valence-electron chi connectivity index (χ4n) is 1.18. The molecule has 0 radical (unpaired) electrons. The number of nitrogens with zero attached hydrogens (tertiary/aromatic N) is 1. The fourth-order valence-corrected chi connectivity index (χ4v) is 1.89. The molecule has 1 aromatic rings. The van der Waals surface area contributed by atoms with Crippen LogP contribution in [0, 0.1) is 6.92 Å². The summed E-state index contributed by atoms with van der Waals surface area (Å²) in [4.78, 5) is 15.8. The third-order valence-corrected chi connectivity index (χ3v) is 2.90. The predicted molar refractivity (Wildman–Crippen MR) is 62.7 cm³/mol. The van der Waals surface area contributed by atoms with Gasteiger partial charge in [-0.05, 0) is 20.3 Å². The summed E-state index contributed by atoms with van der Waals surface area (Å²) in [6, 6.07) is 0. The maximum absolute atomic E-state index is 11.5. The molecule has 0 unspecified atom stereocenters. The Labute approximate surface area is 94.2 Å². The van der Waals surface area contributed by atoms with Crippen molar-refractivity contribution in [1.82, 2.24) is 10.3 Å². The van der Waals surface area contributed by atoms with Gasteiger partial charge in [-0.1, -0.05) is 13.0 Å². The zero-order valence-electron chi connectivity index (χ0n) is 9.33. The standard InChI is InChI=1S/C11H16N2OS/c1-4-5-8(2)11(14)12-6-10-13-9(3)7-15-10/h5,7H,4,6H2,1-3H3,(H,12,14). The first kappa shape index (κ1) is 11.9. The van der Waals surface area contributed by atoms with Gasteiger partial charge < -0.3 is 5.32 Å². The predicted octanol–water partition coefficient (Wildman–Crippen LogP) is 2.42. The SMILES string of the molecule is CCC=C(C)C(=O)NCc1nc(C)cs1. The highest BCUT2D eigenvalue weighted by Gasteiger charge is 2.04. The Morgan fingerprint density at radius 2 is 2.40 bits per heavy atom. The van der Waals surface area contributed by atoms with Gasteiger partial charge in [-0.3, -0.25) is 4.79 Å². The molecule has 0 saturated heterocycles. The van der Waals surface area contributed by atoms with Crippen LogP contribution < -0.4 is 5.32 Å². The first-order valence-electron chi connectivity index (χ1n) is 4.99. The van der Waals surface area contributed by atoms with E-state index in [1.165, 1.54) is 0 Å². The zero-order valence-corrected chi connectivity index (χ0v) is 10.1. The van der Waals surface area contributed by atoms with Gasteiger partial charge in [0.25, 0.3) is 0 Å². The number of allylic oxidation sites excluding steroid dienone is 1. The molecule has 0 aliphatic carbocycles. The summed E-state index contributed by atoms with van der Waals surface area (Å²) in [6.45, 7) is 6.31. The third-order valence-electron chi connectivity index (χ3n) is 1.94. The summed E-state index contributed by atoms with van der Waals surface area (Å²) in [5.74, 6) is -0.00953. The molecule has 0 spiro atoms. The number of hydrogen-bond acceptors (Lipinski definition) is 3. The minimum absolute atomic E-state index is 0.00953. The first-order chi connectivity index (χ1) is 7.13. The van der Waals surface area contributed by atoms with Crippen molar-refractivity contribution in [2.45, 2.75) is 33.7 Å². The molecular weight excluding hydrogens is 208 g/mol. The van der Waals surface area contributed by atoms with Crippen molar-refractivity contribution in [1.29, 1.82) is 0 Å². The normalized spacial score (nSPS) is 11.5. The van der Waals surface area contributed by atoms with Gasteiger partial charge in [0.2, 0.25) is 5.91 Å². The molecule has 0 bridgehead atoms. The number of amides is 1. The van der Waals surface area contributed by atoms with E-state index in [1.54, 1.807) is 11.3 Å². The number of aryl methyl sites for hydroxylation is 1. The van der Waals surface area contributed by atoms with Crippen LogP contribution in [0.1, 0.15) is 31.0 Å². The number of hydrogen-bond donors (Lipinski definition) is 1. The largest absolute Gasteiger partial charge is 0.346 e. The first-order valence-corrected chi connectivity index (χ1v) is 5.87. The zero-order chi connectivity index (χ0) is 11.3. The Morgan fingerprint density at radius 1 is 1.67 bits per heavy atom. The Kier molecular flexibility index (Phi) is 4.49. The second kappa shape index (κ2) is 5.66. The Morgan fingerprint density at radius 3 is 2.93 bits per heavy atom. The monoisotopic (exact) mass is 224 g/mol. The van der Waals surface area contributed by atoms with Crippen LogP contribution >= 0.6 is 11.3 Å². The summed E-state index contributed by atoms with van der Waals surface area (Å²) in [6.07, 6.45) is 2.80. The third kappa shape index (κ3) is 3.83. The molecule has 82 valence electrons. The van der Waals surface area contributed by atoms with Crippen molar-refractivity contribution < 1.29 is 4.79 Å². The number of aromatic nitrogens is 1. The van der Waals surface area contributed by atoms with Crippen LogP contribution in [0.5, 0.6) is 0 Å². The summed E-state index contributed by atoms with van der Waals surface area (Å²) in [5.41, 5.74) is 1.77. The van der Waals surface area contributed by atoms with E-state index in [4.69, 9.17) is 0 Å². The molecule has 1 rings (SSSR count). The van der Waals surface area contributed by atoms with Crippen LogP contribution in [-0.4, -0.2) is 10.9 Å². The molecule has 15 heavy (non-hydrogen) atoms. The van der Waals surface area contributed by atoms with E-state index in [0.717, 1.165) is 22.7 Å². The van der Waals surface area contributed by atoms with Crippen molar-refractivity contribution >= 4 is 17.2 Å². The smallest absolute Gasteiger partial charge is 0.246 e. The molecule has 0 fully saturated rings. The Bertz CT molecular complexity index is 368. The topological polar surface area (TPSA) is 42.0 Å². The minimum Gasteiger partial charge on any atom is -0.346 e. The average molecular weight is 224 g/mol. The highest BCUT2D eigenvalue weighted by Crippen LogP contribution is 2.08. The highest BCUT2D eigenvalue weighted by molar-refractivity contribution is 7.09. The maximum Gasteiger partial charge on any atom is 0.246 e.